The summed E-state index contributed by atoms with van der Waals surface area (Å²) < 4.78 is 1.01. The van der Waals surface area contributed by atoms with Crippen LogP contribution in [0.1, 0.15) is 0 Å². The van der Waals surface area contributed by atoms with Gasteiger partial charge in [-0.15, -0.1) is 0 Å². The smallest absolute Gasteiger partial charge is 0.228 e. The third kappa shape index (κ3) is 3.01. The molecule has 116 valence electrons. The highest BCUT2D eigenvalue weighted by Crippen LogP contribution is 2.30. The minimum atomic E-state index is 0.592. The molecule has 0 amide bonds. The van der Waals surface area contributed by atoms with Crippen molar-refractivity contribution in [3.05, 3.63) is 83.3 Å². The number of para-hydroxylation sites is 1. The second-order valence-electron chi connectivity index (χ2n) is 5.41. The maximum absolute atomic E-state index is 4.76. The average molecular weight is 376 g/mol. The van der Waals surface area contributed by atoms with Crippen molar-refractivity contribution in [2.24, 2.45) is 0 Å². The highest BCUT2D eigenvalue weighted by atomic mass is 79.9. The minimum absolute atomic E-state index is 0.592. The van der Waals surface area contributed by atoms with Crippen LogP contribution in [0.25, 0.3) is 22.2 Å². The first-order chi connectivity index (χ1) is 11.8. The van der Waals surface area contributed by atoms with Crippen LogP contribution in [0.4, 0.5) is 11.6 Å². The number of nitrogens with zero attached hydrogens (tertiary/aromatic N) is 2. The standard InChI is InChI=1S/C20H14BrN3/c21-15-11-12-18-17(13-15)19(14-7-3-1-4-8-14)24-20(23-18)22-16-9-5-2-6-10-16/h1-13H,(H,22,23,24). The fourth-order valence-electron chi connectivity index (χ4n) is 2.62. The van der Waals surface area contributed by atoms with Crippen molar-refractivity contribution in [2.45, 2.75) is 0 Å². The van der Waals surface area contributed by atoms with E-state index in [0.717, 1.165) is 32.3 Å². The number of fused-ring (bicyclic) bond motifs is 1. The average Bonchev–Trinajstić information content (AvgIpc) is 2.63. The monoisotopic (exact) mass is 375 g/mol. The van der Waals surface area contributed by atoms with E-state index in [1.54, 1.807) is 0 Å². The third-order valence-electron chi connectivity index (χ3n) is 3.73. The van der Waals surface area contributed by atoms with Crippen molar-refractivity contribution in [1.82, 2.24) is 9.97 Å². The lowest BCUT2D eigenvalue weighted by Gasteiger charge is -2.11. The normalized spacial score (nSPS) is 10.7. The molecule has 1 N–H and O–H groups in total. The molecule has 0 aliphatic rings. The van der Waals surface area contributed by atoms with Gasteiger partial charge in [-0.2, -0.15) is 0 Å². The molecule has 4 heteroatoms. The molecule has 1 aromatic heterocycles. The zero-order chi connectivity index (χ0) is 16.4. The maximum Gasteiger partial charge on any atom is 0.228 e. The van der Waals surface area contributed by atoms with Crippen molar-refractivity contribution in [3.63, 3.8) is 0 Å². The van der Waals surface area contributed by atoms with Gasteiger partial charge in [0.1, 0.15) is 0 Å². The SMILES string of the molecule is Brc1ccc2nc(Nc3ccccc3)nc(-c3ccccc3)c2c1. The van der Waals surface area contributed by atoms with E-state index in [-0.39, 0.29) is 0 Å². The Hall–Kier alpha value is -2.72. The molecule has 0 saturated carbocycles. The zero-order valence-electron chi connectivity index (χ0n) is 12.8. The lowest BCUT2D eigenvalue weighted by Crippen LogP contribution is -1.99. The molecule has 4 aromatic rings. The van der Waals surface area contributed by atoms with Crippen molar-refractivity contribution in [1.29, 1.82) is 0 Å². The second-order valence-corrected chi connectivity index (χ2v) is 6.33. The Morgan fingerprint density at radius 3 is 2.21 bits per heavy atom. The Labute approximate surface area is 148 Å². The van der Waals surface area contributed by atoms with Crippen LogP contribution in [-0.4, -0.2) is 9.97 Å². The van der Waals surface area contributed by atoms with Gasteiger partial charge in [-0.1, -0.05) is 64.5 Å². The van der Waals surface area contributed by atoms with E-state index in [4.69, 9.17) is 4.98 Å². The van der Waals surface area contributed by atoms with Crippen molar-refractivity contribution in [3.8, 4) is 11.3 Å². The summed E-state index contributed by atoms with van der Waals surface area (Å²) in [6, 6.07) is 26.2. The van der Waals surface area contributed by atoms with Crippen molar-refractivity contribution < 1.29 is 0 Å². The van der Waals surface area contributed by atoms with Crippen LogP contribution in [0.2, 0.25) is 0 Å². The number of rotatable bonds is 3. The number of nitrogens with one attached hydrogen (secondary N) is 1. The molecule has 0 bridgehead atoms. The molecular formula is C20H14BrN3. The summed E-state index contributed by atoms with van der Waals surface area (Å²) in [4.78, 5) is 9.42. The van der Waals surface area contributed by atoms with Crippen LogP contribution in [0.5, 0.6) is 0 Å². The van der Waals surface area contributed by atoms with Crippen LogP contribution in [-0.2, 0) is 0 Å². The third-order valence-corrected chi connectivity index (χ3v) is 4.23. The number of hydrogen-bond acceptors (Lipinski definition) is 3. The largest absolute Gasteiger partial charge is 0.324 e. The summed E-state index contributed by atoms with van der Waals surface area (Å²) in [5, 5.41) is 4.31. The molecule has 4 rings (SSSR count). The summed E-state index contributed by atoms with van der Waals surface area (Å²) >= 11 is 3.54. The van der Waals surface area contributed by atoms with Gasteiger partial charge in [0.25, 0.3) is 0 Å². The molecular weight excluding hydrogens is 362 g/mol. The number of halogens is 1. The molecule has 0 spiro atoms. The number of hydrogen-bond donors (Lipinski definition) is 1. The van der Waals surface area contributed by atoms with Gasteiger partial charge in [0.15, 0.2) is 0 Å². The number of anilines is 2. The fourth-order valence-corrected chi connectivity index (χ4v) is 2.98. The van der Waals surface area contributed by atoms with Crippen molar-refractivity contribution >= 4 is 38.5 Å². The zero-order valence-corrected chi connectivity index (χ0v) is 14.4. The van der Waals surface area contributed by atoms with E-state index in [1.807, 2.05) is 60.7 Å². The Morgan fingerprint density at radius 2 is 1.46 bits per heavy atom. The first-order valence-corrected chi connectivity index (χ1v) is 8.44. The van der Waals surface area contributed by atoms with Crippen LogP contribution in [0.3, 0.4) is 0 Å². The topological polar surface area (TPSA) is 37.8 Å². The molecule has 1 heterocycles. The molecule has 3 nitrogen and oxygen atoms in total. The Balaban J connectivity index is 1.89. The van der Waals surface area contributed by atoms with Gasteiger partial charge in [0, 0.05) is 21.1 Å². The molecule has 0 aliphatic heterocycles. The molecule has 24 heavy (non-hydrogen) atoms. The van der Waals surface area contributed by atoms with E-state index in [2.05, 4.69) is 44.4 Å². The molecule has 0 radical (unpaired) electrons. The molecule has 0 aliphatic carbocycles. The van der Waals surface area contributed by atoms with E-state index >= 15 is 0 Å². The summed E-state index contributed by atoms with van der Waals surface area (Å²) in [7, 11) is 0. The van der Waals surface area contributed by atoms with Crippen LogP contribution in [0.15, 0.2) is 83.3 Å². The molecule has 0 saturated heterocycles. The summed E-state index contributed by atoms with van der Waals surface area (Å²) in [5.74, 6) is 0.592. The lowest BCUT2D eigenvalue weighted by atomic mass is 10.1. The first-order valence-electron chi connectivity index (χ1n) is 7.64. The Morgan fingerprint density at radius 1 is 0.750 bits per heavy atom. The van der Waals surface area contributed by atoms with E-state index < -0.39 is 0 Å². The number of benzene rings is 3. The summed E-state index contributed by atoms with van der Waals surface area (Å²) in [6.45, 7) is 0. The van der Waals surface area contributed by atoms with Gasteiger partial charge < -0.3 is 5.32 Å². The van der Waals surface area contributed by atoms with Crippen LogP contribution < -0.4 is 5.32 Å². The van der Waals surface area contributed by atoms with Crippen LogP contribution in [0, 0.1) is 0 Å². The molecule has 3 aromatic carbocycles. The van der Waals surface area contributed by atoms with Crippen molar-refractivity contribution in [2.75, 3.05) is 5.32 Å². The summed E-state index contributed by atoms with van der Waals surface area (Å²) in [6.07, 6.45) is 0. The number of aromatic nitrogens is 2. The summed E-state index contributed by atoms with van der Waals surface area (Å²) in [5.41, 5.74) is 3.86. The maximum atomic E-state index is 4.76. The Kier molecular flexibility index (Phi) is 3.97. The minimum Gasteiger partial charge on any atom is -0.324 e. The van der Waals surface area contributed by atoms with Gasteiger partial charge in [0.05, 0.1) is 11.2 Å². The van der Waals surface area contributed by atoms with Gasteiger partial charge >= 0.3 is 0 Å². The molecule has 0 atom stereocenters. The predicted octanol–water partition coefficient (Wildman–Crippen LogP) is 5.80. The highest BCUT2D eigenvalue weighted by Gasteiger charge is 2.10. The Bertz CT molecular complexity index is 986. The van der Waals surface area contributed by atoms with E-state index in [9.17, 15) is 0 Å². The van der Waals surface area contributed by atoms with Gasteiger partial charge in [-0.3, -0.25) is 0 Å². The van der Waals surface area contributed by atoms with E-state index in [0.29, 0.717) is 5.95 Å². The molecule has 0 unspecified atom stereocenters. The molecule has 0 fully saturated rings. The second kappa shape index (κ2) is 6.42. The van der Waals surface area contributed by atoms with Gasteiger partial charge in [0.2, 0.25) is 5.95 Å². The van der Waals surface area contributed by atoms with E-state index in [1.165, 1.54) is 0 Å². The highest BCUT2D eigenvalue weighted by molar-refractivity contribution is 9.10. The quantitative estimate of drug-likeness (QED) is 0.491. The van der Waals surface area contributed by atoms with Crippen LogP contribution >= 0.6 is 15.9 Å². The first kappa shape index (κ1) is 14.8. The van der Waals surface area contributed by atoms with Gasteiger partial charge in [-0.25, -0.2) is 9.97 Å². The lowest BCUT2D eigenvalue weighted by molar-refractivity contribution is 1.21. The predicted molar refractivity (Wildman–Crippen MR) is 102 cm³/mol. The van der Waals surface area contributed by atoms with Gasteiger partial charge in [-0.05, 0) is 30.3 Å². The fraction of sp³-hybridized carbons (Fsp3) is 0.